The summed E-state index contributed by atoms with van der Waals surface area (Å²) in [6.07, 6.45) is 3.61. The second-order valence-electron chi connectivity index (χ2n) is 19.4. The standard InChI is InChI=1S/C54H61N7O6Si/c1-37-50(68(4,5)44-22-19-42(65-2)20-23-44)49(25-30-58-34-47(56-57-58)45(35-62)39-14-8-6-9-15-39)67-54(37)46-32-43(66-3)21-24-48(46)59(52(54)64)33-38-13-12-18-41(31-38)60-36-61(40-16-10-7-11-17-40)53(51(60)63)26-28-55-29-27-53/h6-24,31-32,34,37,45,49-50,55,62H,25-30,33,35-36H2,1-5H3/t37-,45?,49+,50-,54+/m0/s1. The molecule has 2 spiro atoms. The van der Waals surface area contributed by atoms with Gasteiger partial charge in [-0.05, 0) is 104 Å². The summed E-state index contributed by atoms with van der Waals surface area (Å²) in [7, 11) is 0.874. The van der Waals surface area contributed by atoms with E-state index in [0.29, 0.717) is 31.1 Å². The fourth-order valence-electron chi connectivity index (χ4n) is 11.9. The van der Waals surface area contributed by atoms with E-state index in [1.165, 1.54) is 5.19 Å². The Morgan fingerprint density at radius 2 is 1.53 bits per heavy atom. The Morgan fingerprint density at radius 1 is 0.838 bits per heavy atom. The number of aliphatic hydroxyl groups excluding tert-OH is 1. The number of aromatic nitrogens is 3. The highest BCUT2D eigenvalue weighted by Gasteiger charge is 2.66. The van der Waals surface area contributed by atoms with E-state index < -0.39 is 19.2 Å². The third-order valence-corrected chi connectivity index (χ3v) is 19.8. The van der Waals surface area contributed by atoms with Crippen molar-refractivity contribution < 1.29 is 28.9 Å². The molecule has 5 aromatic carbocycles. The molecule has 3 fully saturated rings. The third-order valence-electron chi connectivity index (χ3n) is 15.5. The minimum absolute atomic E-state index is 0.00396. The molecular formula is C54H61N7O6Si. The molecule has 1 aromatic heterocycles. The van der Waals surface area contributed by atoms with Crippen molar-refractivity contribution in [2.75, 3.05) is 55.3 Å². The molecule has 68 heavy (non-hydrogen) atoms. The highest BCUT2D eigenvalue weighted by Crippen LogP contribution is 2.60. The number of para-hydroxylation sites is 1. The second kappa shape index (κ2) is 18.3. The number of ether oxygens (including phenoxy) is 3. The molecule has 0 radical (unpaired) electrons. The van der Waals surface area contributed by atoms with Crippen molar-refractivity contribution in [1.29, 1.82) is 0 Å². The number of carbonyl (C=O) groups excluding carboxylic acids is 2. The number of rotatable bonds is 14. The predicted molar refractivity (Wildman–Crippen MR) is 266 cm³/mol. The van der Waals surface area contributed by atoms with E-state index in [0.717, 1.165) is 65.4 Å². The highest BCUT2D eigenvalue weighted by atomic mass is 28.3. The van der Waals surface area contributed by atoms with Gasteiger partial charge in [-0.25, -0.2) is 0 Å². The molecule has 0 aliphatic carbocycles. The minimum atomic E-state index is -2.45. The van der Waals surface area contributed by atoms with Crippen LogP contribution in [0, 0.1) is 5.92 Å². The van der Waals surface area contributed by atoms with Gasteiger partial charge in [-0.2, -0.15) is 0 Å². The van der Waals surface area contributed by atoms with Crippen molar-refractivity contribution in [3.63, 3.8) is 0 Å². The number of hydrogen-bond donors (Lipinski definition) is 2. The number of nitrogens with one attached hydrogen (secondary N) is 1. The molecular weight excluding hydrogens is 871 g/mol. The van der Waals surface area contributed by atoms with E-state index in [9.17, 15) is 9.90 Å². The third kappa shape index (κ3) is 7.67. The van der Waals surface area contributed by atoms with Crippen LogP contribution in [0.1, 0.15) is 54.5 Å². The number of amides is 2. The number of carbonyl (C=O) groups is 2. The molecule has 2 N–H and O–H groups in total. The first-order valence-corrected chi connectivity index (χ1v) is 26.9. The van der Waals surface area contributed by atoms with E-state index in [4.69, 9.17) is 14.2 Å². The Morgan fingerprint density at radius 3 is 2.24 bits per heavy atom. The van der Waals surface area contributed by atoms with Crippen LogP contribution >= 0.6 is 0 Å². The first-order valence-electron chi connectivity index (χ1n) is 23.9. The van der Waals surface area contributed by atoms with Gasteiger partial charge in [0.2, 0.25) is 0 Å². The van der Waals surface area contributed by atoms with Gasteiger partial charge in [-0.15, -0.1) is 5.10 Å². The summed E-state index contributed by atoms with van der Waals surface area (Å²) >= 11 is 0. The van der Waals surface area contributed by atoms with Crippen molar-refractivity contribution in [3.05, 3.63) is 156 Å². The number of nitrogens with zero attached hydrogens (tertiary/aromatic N) is 6. The normalized spacial score (nSPS) is 22.6. The van der Waals surface area contributed by atoms with Gasteiger partial charge in [0.1, 0.15) is 17.0 Å². The Labute approximate surface area is 399 Å². The summed E-state index contributed by atoms with van der Waals surface area (Å²) in [5.41, 5.74) is 4.06. The SMILES string of the molecule is COc1ccc([Si](C)(C)[C@@H]2[C@@H](CCn3cc(C(CO)c4ccccc4)nn3)O[C@]3(C(=O)N(Cc4cccc(N5CN(c6ccccc6)C6(CCNCC6)C5=O)c4)c4ccc(OC)cc43)[C@H]2C)cc1. The van der Waals surface area contributed by atoms with Gasteiger partial charge in [0, 0.05) is 35.6 Å². The molecule has 1 unspecified atom stereocenters. The summed E-state index contributed by atoms with van der Waals surface area (Å²) < 4.78 is 20.7. The maximum absolute atomic E-state index is 15.8. The average Bonchev–Trinajstić information content (AvgIpc) is 4.10. The van der Waals surface area contributed by atoms with Gasteiger partial charge in [0.05, 0.1) is 65.5 Å². The van der Waals surface area contributed by atoms with Gasteiger partial charge in [-0.3, -0.25) is 19.2 Å². The Balaban J connectivity index is 0.984. The van der Waals surface area contributed by atoms with Gasteiger partial charge < -0.3 is 34.4 Å². The van der Waals surface area contributed by atoms with Crippen LogP contribution in [0.5, 0.6) is 11.5 Å². The number of fused-ring (bicyclic) bond motifs is 2. The molecule has 5 atom stereocenters. The fraction of sp³-hybridized carbons (Fsp3) is 0.370. The van der Waals surface area contributed by atoms with E-state index in [1.54, 1.807) is 14.2 Å². The van der Waals surface area contributed by atoms with Gasteiger partial charge in [-0.1, -0.05) is 103 Å². The van der Waals surface area contributed by atoms with Crippen LogP contribution < -0.4 is 34.7 Å². The summed E-state index contributed by atoms with van der Waals surface area (Å²) in [4.78, 5) is 36.5. The lowest BCUT2D eigenvalue weighted by molar-refractivity contribution is -0.146. The smallest absolute Gasteiger partial charge is 0.264 e. The largest absolute Gasteiger partial charge is 0.497 e. The molecule has 6 aromatic rings. The first-order chi connectivity index (χ1) is 33.0. The van der Waals surface area contributed by atoms with Crippen molar-refractivity contribution in [2.45, 2.75) is 81.1 Å². The zero-order valence-corrected chi connectivity index (χ0v) is 40.5. The van der Waals surface area contributed by atoms with E-state index in [2.05, 4.69) is 70.9 Å². The van der Waals surface area contributed by atoms with Crippen LogP contribution in [-0.4, -0.2) is 92.2 Å². The molecule has 14 heteroatoms. The Hall–Kier alpha value is -6.32. The topological polar surface area (TPSA) is 135 Å². The molecule has 0 bridgehead atoms. The highest BCUT2D eigenvalue weighted by molar-refractivity contribution is 6.91. The zero-order chi connectivity index (χ0) is 47.2. The molecule has 352 valence electrons. The van der Waals surface area contributed by atoms with Crippen LogP contribution in [0.25, 0.3) is 0 Å². The van der Waals surface area contributed by atoms with E-state index in [1.807, 2.05) is 118 Å². The minimum Gasteiger partial charge on any atom is -0.497 e. The number of aliphatic hydroxyl groups is 1. The summed E-state index contributed by atoms with van der Waals surface area (Å²) in [6.45, 7) is 9.64. The molecule has 13 nitrogen and oxygen atoms in total. The van der Waals surface area contributed by atoms with Crippen LogP contribution in [0.2, 0.25) is 18.6 Å². The molecule has 5 heterocycles. The molecule has 10 rings (SSSR count). The lowest BCUT2D eigenvalue weighted by atomic mass is 9.82. The van der Waals surface area contributed by atoms with Crippen molar-refractivity contribution in [1.82, 2.24) is 20.3 Å². The number of methoxy groups -OCH3 is 2. The molecule has 3 saturated heterocycles. The molecule has 2 amide bonds. The second-order valence-corrected chi connectivity index (χ2v) is 24.0. The maximum Gasteiger partial charge on any atom is 0.264 e. The quantitative estimate of drug-likeness (QED) is 0.108. The number of hydrogen-bond acceptors (Lipinski definition) is 10. The van der Waals surface area contributed by atoms with E-state index in [-0.39, 0.29) is 48.4 Å². The summed E-state index contributed by atoms with van der Waals surface area (Å²) in [6, 6.07) is 42.5. The molecule has 0 saturated carbocycles. The lowest BCUT2D eigenvalue weighted by Crippen LogP contribution is -2.55. The average molecular weight is 932 g/mol. The molecule has 4 aliphatic rings. The number of aryl methyl sites for hydroxylation is 1. The summed E-state index contributed by atoms with van der Waals surface area (Å²) in [5, 5.41) is 24.2. The fourth-order valence-corrected chi connectivity index (χ4v) is 16.0. The van der Waals surface area contributed by atoms with Crippen molar-refractivity contribution >= 4 is 42.1 Å². The Bertz CT molecular complexity index is 2770. The van der Waals surface area contributed by atoms with Crippen LogP contribution in [-0.2, 0) is 33.0 Å². The number of benzene rings is 5. The summed E-state index contributed by atoms with van der Waals surface area (Å²) in [5.74, 6) is 0.905. The number of anilines is 3. The number of piperidine rings is 1. The van der Waals surface area contributed by atoms with Crippen LogP contribution in [0.3, 0.4) is 0 Å². The Kier molecular flexibility index (Phi) is 12.2. The van der Waals surface area contributed by atoms with Gasteiger partial charge in [0.15, 0.2) is 5.60 Å². The molecule has 4 aliphatic heterocycles. The van der Waals surface area contributed by atoms with Crippen molar-refractivity contribution in [2.24, 2.45) is 5.92 Å². The van der Waals surface area contributed by atoms with Gasteiger partial charge in [0.25, 0.3) is 11.8 Å². The zero-order valence-electron chi connectivity index (χ0n) is 39.5. The van der Waals surface area contributed by atoms with Crippen molar-refractivity contribution in [3.8, 4) is 11.5 Å². The van der Waals surface area contributed by atoms with E-state index >= 15 is 4.79 Å². The maximum atomic E-state index is 15.8. The van der Waals surface area contributed by atoms with Crippen LogP contribution in [0.15, 0.2) is 134 Å². The van der Waals surface area contributed by atoms with Crippen LogP contribution in [0.4, 0.5) is 17.1 Å². The monoisotopic (exact) mass is 931 g/mol. The predicted octanol–water partition coefficient (Wildman–Crippen LogP) is 7.21. The first kappa shape index (κ1) is 45.5. The lowest BCUT2D eigenvalue weighted by Gasteiger charge is -2.39. The van der Waals surface area contributed by atoms with Gasteiger partial charge >= 0.3 is 0 Å².